The van der Waals surface area contributed by atoms with E-state index in [0.29, 0.717) is 27.6 Å². The molecular weight excluding hydrogens is 516 g/mol. The van der Waals surface area contributed by atoms with Crippen molar-refractivity contribution in [2.24, 2.45) is 7.05 Å². The fourth-order valence-electron chi connectivity index (χ4n) is 3.99. The molecule has 0 saturated heterocycles. The van der Waals surface area contributed by atoms with Crippen LogP contribution in [0, 0.1) is 6.92 Å². The van der Waals surface area contributed by atoms with Crippen LogP contribution in [0.15, 0.2) is 88.2 Å². The average molecular weight is 541 g/mol. The number of fused-ring (bicyclic) bond motifs is 1. The van der Waals surface area contributed by atoms with Crippen molar-refractivity contribution in [1.29, 1.82) is 0 Å². The molecule has 0 aliphatic heterocycles. The minimum absolute atomic E-state index is 0.249. The molecule has 0 aliphatic rings. The topological polar surface area (TPSA) is 121 Å². The van der Waals surface area contributed by atoms with E-state index in [1.165, 1.54) is 29.5 Å². The summed E-state index contributed by atoms with van der Waals surface area (Å²) in [6.45, 7) is 2.16. The van der Waals surface area contributed by atoms with Gasteiger partial charge in [0.05, 0.1) is 24.1 Å². The monoisotopic (exact) mass is 540 g/mol. The van der Waals surface area contributed by atoms with E-state index < -0.39 is 5.97 Å². The predicted molar refractivity (Wildman–Crippen MR) is 146 cm³/mol. The van der Waals surface area contributed by atoms with Crippen LogP contribution in [-0.2, 0) is 18.3 Å². The molecule has 0 bridgehead atoms. The number of carbonyl (C=O) groups excluding carboxylic acids is 2. The van der Waals surface area contributed by atoms with Crippen molar-refractivity contribution in [1.82, 2.24) is 29.4 Å². The van der Waals surface area contributed by atoms with Gasteiger partial charge < -0.3 is 14.6 Å². The van der Waals surface area contributed by atoms with E-state index in [0.717, 1.165) is 21.8 Å². The molecule has 196 valence electrons. The Bertz CT molecular complexity index is 1740. The normalized spacial score (nSPS) is 10.9. The number of imidazole rings is 1. The molecular formula is C28H24N6O4S. The summed E-state index contributed by atoms with van der Waals surface area (Å²) in [4.78, 5) is 50.9. The summed E-state index contributed by atoms with van der Waals surface area (Å²) in [5.41, 5.74) is 3.25. The Morgan fingerprint density at radius 3 is 2.36 bits per heavy atom. The van der Waals surface area contributed by atoms with Crippen LogP contribution >= 0.6 is 11.8 Å². The van der Waals surface area contributed by atoms with Gasteiger partial charge in [-0.1, -0.05) is 12.1 Å². The van der Waals surface area contributed by atoms with Crippen LogP contribution in [0.5, 0.6) is 0 Å². The molecule has 0 radical (unpaired) electrons. The Balaban J connectivity index is 1.38. The quantitative estimate of drug-likeness (QED) is 0.245. The van der Waals surface area contributed by atoms with E-state index >= 15 is 0 Å². The summed E-state index contributed by atoms with van der Waals surface area (Å²) in [5.74, 6) is -0.684. The Morgan fingerprint density at radius 1 is 0.974 bits per heavy atom. The van der Waals surface area contributed by atoms with Gasteiger partial charge in [0.2, 0.25) is 0 Å². The zero-order chi connectivity index (χ0) is 27.5. The highest BCUT2D eigenvalue weighted by atomic mass is 32.2. The number of pyridine rings is 1. The maximum atomic E-state index is 13.0. The molecule has 1 N–H and O–H groups in total. The number of nitrogens with one attached hydrogen (secondary N) is 1. The number of amides is 1. The Kier molecular flexibility index (Phi) is 7.24. The third-order valence-corrected chi connectivity index (χ3v) is 7.04. The molecule has 39 heavy (non-hydrogen) atoms. The SMILES string of the molecule is COC(=O)c1ccc(CNC(=O)c2ccc(-n3c(=O)ccc4c(C)nc(Sc5nccn5C)nc43)cc2)cc1. The second kappa shape index (κ2) is 10.9. The molecule has 11 heteroatoms. The number of benzene rings is 2. The Labute approximate surface area is 227 Å². The summed E-state index contributed by atoms with van der Waals surface area (Å²) in [7, 11) is 3.21. The van der Waals surface area contributed by atoms with Crippen LogP contribution in [0.4, 0.5) is 0 Å². The highest BCUT2D eigenvalue weighted by molar-refractivity contribution is 7.99. The van der Waals surface area contributed by atoms with Crippen LogP contribution < -0.4 is 10.9 Å². The first-order chi connectivity index (χ1) is 18.8. The third kappa shape index (κ3) is 5.43. The molecule has 0 fully saturated rings. The van der Waals surface area contributed by atoms with E-state index in [-0.39, 0.29) is 18.0 Å². The van der Waals surface area contributed by atoms with Gasteiger partial charge in [-0.15, -0.1) is 0 Å². The van der Waals surface area contributed by atoms with Crippen LogP contribution in [0.3, 0.4) is 0 Å². The lowest BCUT2D eigenvalue weighted by Crippen LogP contribution is -2.23. The summed E-state index contributed by atoms with van der Waals surface area (Å²) in [5, 5.41) is 4.82. The first-order valence-corrected chi connectivity index (χ1v) is 12.8. The molecule has 0 aliphatic carbocycles. The van der Waals surface area contributed by atoms with Gasteiger partial charge in [0, 0.05) is 43.0 Å². The van der Waals surface area contributed by atoms with E-state index in [4.69, 9.17) is 4.74 Å². The van der Waals surface area contributed by atoms with Crippen LogP contribution in [-0.4, -0.2) is 43.1 Å². The number of hydrogen-bond acceptors (Lipinski definition) is 8. The second-order valence-electron chi connectivity index (χ2n) is 8.68. The van der Waals surface area contributed by atoms with Crippen LogP contribution in [0.25, 0.3) is 16.7 Å². The van der Waals surface area contributed by atoms with Gasteiger partial charge in [-0.25, -0.2) is 19.7 Å². The lowest BCUT2D eigenvalue weighted by molar-refractivity contribution is 0.0600. The molecule has 0 spiro atoms. The van der Waals surface area contributed by atoms with Crippen molar-refractivity contribution in [2.75, 3.05) is 7.11 Å². The zero-order valence-electron chi connectivity index (χ0n) is 21.4. The summed E-state index contributed by atoms with van der Waals surface area (Å²) >= 11 is 1.31. The van der Waals surface area contributed by atoms with Gasteiger partial charge in [-0.3, -0.25) is 14.2 Å². The standard InChI is InChI=1S/C28H24N6O4S/c1-17-22-12-13-23(35)34(24(22)32-27(31-17)39-28-29-14-15-33(28)2)21-10-8-19(9-11-21)25(36)30-16-18-4-6-20(7-5-18)26(37)38-3/h4-15H,16H2,1-3H3,(H,30,36). The van der Waals surface area contributed by atoms with Gasteiger partial charge in [-0.05, 0) is 66.7 Å². The van der Waals surface area contributed by atoms with E-state index in [9.17, 15) is 14.4 Å². The Morgan fingerprint density at radius 2 is 1.69 bits per heavy atom. The summed E-state index contributed by atoms with van der Waals surface area (Å²) < 4.78 is 8.08. The maximum Gasteiger partial charge on any atom is 0.337 e. The van der Waals surface area contributed by atoms with Gasteiger partial charge in [-0.2, -0.15) is 0 Å². The van der Waals surface area contributed by atoms with Gasteiger partial charge >= 0.3 is 5.97 Å². The van der Waals surface area contributed by atoms with Gasteiger partial charge in [0.25, 0.3) is 11.5 Å². The molecule has 10 nitrogen and oxygen atoms in total. The Hall–Kier alpha value is -4.77. The van der Waals surface area contributed by atoms with Crippen molar-refractivity contribution in [3.63, 3.8) is 0 Å². The number of esters is 1. The minimum Gasteiger partial charge on any atom is -0.465 e. The smallest absolute Gasteiger partial charge is 0.337 e. The van der Waals surface area contributed by atoms with Crippen molar-refractivity contribution in [3.05, 3.63) is 106 Å². The van der Waals surface area contributed by atoms with Gasteiger partial charge in [0.15, 0.2) is 16.0 Å². The van der Waals surface area contributed by atoms with E-state index in [2.05, 4.69) is 20.3 Å². The van der Waals surface area contributed by atoms with Gasteiger partial charge in [0.1, 0.15) is 0 Å². The van der Waals surface area contributed by atoms with E-state index in [1.54, 1.807) is 60.8 Å². The van der Waals surface area contributed by atoms with Crippen molar-refractivity contribution in [3.8, 4) is 5.69 Å². The molecule has 0 atom stereocenters. The molecule has 5 aromatic rings. The lowest BCUT2D eigenvalue weighted by atomic mass is 10.1. The molecule has 1 amide bonds. The molecule has 3 heterocycles. The maximum absolute atomic E-state index is 13.0. The summed E-state index contributed by atoms with van der Waals surface area (Å²) in [6.07, 6.45) is 3.54. The molecule has 3 aromatic heterocycles. The molecule has 2 aromatic carbocycles. The first kappa shape index (κ1) is 25.9. The molecule has 0 saturated carbocycles. The second-order valence-corrected chi connectivity index (χ2v) is 9.61. The van der Waals surface area contributed by atoms with Crippen molar-refractivity contribution < 1.29 is 14.3 Å². The average Bonchev–Trinajstić information content (AvgIpc) is 3.35. The summed E-state index contributed by atoms with van der Waals surface area (Å²) in [6, 6.07) is 16.8. The van der Waals surface area contributed by atoms with Crippen molar-refractivity contribution in [2.45, 2.75) is 23.8 Å². The largest absolute Gasteiger partial charge is 0.465 e. The number of rotatable bonds is 7. The minimum atomic E-state index is -0.416. The fourth-order valence-corrected chi connectivity index (χ4v) is 4.79. The van der Waals surface area contributed by atoms with Crippen LogP contribution in [0.1, 0.15) is 32.0 Å². The number of carbonyl (C=O) groups is 2. The number of methoxy groups -OCH3 is 1. The zero-order valence-corrected chi connectivity index (χ0v) is 22.2. The fraction of sp³-hybridized carbons (Fsp3) is 0.143. The van der Waals surface area contributed by atoms with Crippen molar-refractivity contribution >= 4 is 34.7 Å². The number of aryl methyl sites for hydroxylation is 2. The lowest BCUT2D eigenvalue weighted by Gasteiger charge is -2.12. The first-order valence-electron chi connectivity index (χ1n) is 12.0. The van der Waals surface area contributed by atoms with E-state index in [1.807, 2.05) is 24.7 Å². The third-order valence-electron chi connectivity index (χ3n) is 6.10. The number of aromatic nitrogens is 5. The number of hydrogen-bond donors (Lipinski definition) is 1. The predicted octanol–water partition coefficient (Wildman–Crippen LogP) is 3.69. The number of nitrogens with zero attached hydrogens (tertiary/aromatic N) is 5. The van der Waals surface area contributed by atoms with Crippen LogP contribution in [0.2, 0.25) is 0 Å². The molecule has 5 rings (SSSR count). The molecule has 0 unspecified atom stereocenters. The highest BCUT2D eigenvalue weighted by Crippen LogP contribution is 2.26. The highest BCUT2D eigenvalue weighted by Gasteiger charge is 2.15. The number of ether oxygens (including phenoxy) is 1.